The number of aromatic nitrogens is 2. The zero-order valence-corrected chi connectivity index (χ0v) is 15.0. The molecule has 1 aliphatic heterocycles. The minimum atomic E-state index is -0.532. The summed E-state index contributed by atoms with van der Waals surface area (Å²) in [5.41, 5.74) is 8.80. The van der Waals surface area contributed by atoms with Crippen molar-refractivity contribution in [2.24, 2.45) is 0 Å². The first-order valence-electron chi connectivity index (χ1n) is 8.85. The first-order valence-corrected chi connectivity index (χ1v) is 8.85. The number of benzene rings is 2. The highest BCUT2D eigenvalue weighted by Gasteiger charge is 2.23. The molecule has 0 spiro atoms. The quantitative estimate of drug-likeness (QED) is 0.345. The van der Waals surface area contributed by atoms with Gasteiger partial charge in [0, 0.05) is 42.0 Å². The maximum absolute atomic E-state index is 12.5. The number of phenols is 3. The van der Waals surface area contributed by atoms with Crippen LogP contribution in [0.4, 0.5) is 5.69 Å². The summed E-state index contributed by atoms with van der Waals surface area (Å²) in [5, 5.41) is 29.2. The van der Waals surface area contributed by atoms with Crippen LogP contribution >= 0.6 is 0 Å². The molecule has 2 heterocycles. The van der Waals surface area contributed by atoms with Crippen molar-refractivity contribution in [2.45, 2.75) is 19.5 Å². The number of nitrogens with one attached hydrogen (secondary N) is 1. The van der Waals surface area contributed by atoms with Crippen molar-refractivity contribution in [1.29, 1.82) is 0 Å². The van der Waals surface area contributed by atoms with Crippen molar-refractivity contribution < 1.29 is 15.3 Å². The van der Waals surface area contributed by atoms with Crippen LogP contribution in [-0.4, -0.2) is 36.7 Å². The number of nitrogens with two attached hydrogens (primary N) is 1. The van der Waals surface area contributed by atoms with Crippen LogP contribution in [0.3, 0.4) is 0 Å². The van der Waals surface area contributed by atoms with Crippen LogP contribution in [0.2, 0.25) is 0 Å². The number of aromatic hydroxyl groups is 3. The Morgan fingerprint density at radius 3 is 2.57 bits per heavy atom. The van der Waals surface area contributed by atoms with E-state index in [0.29, 0.717) is 54.4 Å². The standard InChI is InChI=1S/C20H20N4O4/c21-13-4-1-11(2-5-13)19-22-15-10-24(8-7-14(15)20(28)23-19)9-12-3-6-16(25)18(27)17(12)26/h1-6,25-27H,7-10,21H2,(H,22,23,28). The lowest BCUT2D eigenvalue weighted by Crippen LogP contribution is -2.35. The Balaban J connectivity index is 1.62. The lowest BCUT2D eigenvalue weighted by molar-refractivity contribution is 0.236. The van der Waals surface area contributed by atoms with Crippen molar-refractivity contribution in [3.63, 3.8) is 0 Å². The van der Waals surface area contributed by atoms with Crippen molar-refractivity contribution in [2.75, 3.05) is 12.3 Å². The number of aromatic amines is 1. The molecular weight excluding hydrogens is 360 g/mol. The van der Waals surface area contributed by atoms with Crippen molar-refractivity contribution in [3.8, 4) is 28.6 Å². The second-order valence-corrected chi connectivity index (χ2v) is 6.86. The molecule has 0 radical (unpaired) electrons. The Bertz CT molecular complexity index is 1090. The number of hydrogen-bond donors (Lipinski definition) is 5. The second-order valence-electron chi connectivity index (χ2n) is 6.86. The van der Waals surface area contributed by atoms with Gasteiger partial charge in [0.05, 0.1) is 5.69 Å². The maximum Gasteiger partial charge on any atom is 0.254 e. The van der Waals surface area contributed by atoms with Crippen LogP contribution < -0.4 is 11.3 Å². The monoisotopic (exact) mass is 380 g/mol. The molecule has 0 aliphatic carbocycles. The predicted octanol–water partition coefficient (Wildman–Crippen LogP) is 1.69. The highest BCUT2D eigenvalue weighted by atomic mass is 16.3. The highest BCUT2D eigenvalue weighted by Crippen LogP contribution is 2.37. The molecule has 1 aliphatic rings. The lowest BCUT2D eigenvalue weighted by Gasteiger charge is -2.28. The van der Waals surface area contributed by atoms with E-state index < -0.39 is 5.75 Å². The molecule has 4 rings (SSSR count). The Morgan fingerprint density at radius 2 is 1.82 bits per heavy atom. The van der Waals surface area contributed by atoms with Gasteiger partial charge in [0.15, 0.2) is 11.5 Å². The fourth-order valence-corrected chi connectivity index (χ4v) is 3.39. The van der Waals surface area contributed by atoms with E-state index in [9.17, 15) is 20.1 Å². The first kappa shape index (κ1) is 17.9. The molecule has 0 atom stereocenters. The minimum Gasteiger partial charge on any atom is -0.504 e. The van der Waals surface area contributed by atoms with Gasteiger partial charge in [-0.2, -0.15) is 0 Å². The fraction of sp³-hybridized carbons (Fsp3) is 0.200. The number of H-pyrrole nitrogens is 1. The number of nitrogen functional groups attached to an aromatic ring is 1. The van der Waals surface area contributed by atoms with Crippen molar-refractivity contribution in [3.05, 3.63) is 63.6 Å². The molecule has 6 N–H and O–H groups in total. The highest BCUT2D eigenvalue weighted by molar-refractivity contribution is 5.59. The molecule has 0 amide bonds. The van der Waals surface area contributed by atoms with Crippen LogP contribution in [-0.2, 0) is 19.5 Å². The number of anilines is 1. The Kier molecular flexibility index (Phi) is 4.40. The zero-order chi connectivity index (χ0) is 19.8. The third-order valence-corrected chi connectivity index (χ3v) is 4.94. The summed E-state index contributed by atoms with van der Waals surface area (Å²) in [4.78, 5) is 22.0. The minimum absolute atomic E-state index is 0.151. The molecule has 0 unspecified atom stereocenters. The van der Waals surface area contributed by atoms with Gasteiger partial charge in [-0.3, -0.25) is 9.69 Å². The van der Waals surface area contributed by atoms with E-state index in [4.69, 9.17) is 5.73 Å². The summed E-state index contributed by atoms with van der Waals surface area (Å²) in [7, 11) is 0. The number of phenolic OH excluding ortho intramolecular Hbond substituents is 3. The summed E-state index contributed by atoms with van der Waals surface area (Å²) in [6.07, 6.45) is 0.532. The topological polar surface area (TPSA) is 136 Å². The maximum atomic E-state index is 12.5. The first-order chi connectivity index (χ1) is 13.4. The smallest absolute Gasteiger partial charge is 0.254 e. The predicted molar refractivity (Wildman–Crippen MR) is 104 cm³/mol. The van der Waals surface area contributed by atoms with Gasteiger partial charge < -0.3 is 26.0 Å². The molecule has 0 saturated carbocycles. The summed E-state index contributed by atoms with van der Waals surface area (Å²) >= 11 is 0. The van der Waals surface area contributed by atoms with Crippen LogP contribution in [0.15, 0.2) is 41.2 Å². The SMILES string of the molecule is Nc1ccc(-c2nc3c(c(=O)[nH]2)CCN(Cc2ccc(O)c(O)c2O)C3)cc1. The van der Waals surface area contributed by atoms with E-state index in [1.54, 1.807) is 30.3 Å². The molecule has 0 saturated heterocycles. The summed E-state index contributed by atoms with van der Waals surface area (Å²) < 4.78 is 0. The van der Waals surface area contributed by atoms with Gasteiger partial charge in [-0.25, -0.2) is 4.98 Å². The van der Waals surface area contributed by atoms with Gasteiger partial charge in [-0.1, -0.05) is 6.07 Å². The number of nitrogens with zero attached hydrogens (tertiary/aromatic N) is 2. The van der Waals surface area contributed by atoms with E-state index in [1.807, 2.05) is 4.90 Å². The summed E-state index contributed by atoms with van der Waals surface area (Å²) in [6, 6.07) is 10.0. The fourth-order valence-electron chi connectivity index (χ4n) is 3.39. The van der Waals surface area contributed by atoms with Crippen molar-refractivity contribution in [1.82, 2.24) is 14.9 Å². The van der Waals surface area contributed by atoms with E-state index in [-0.39, 0.29) is 17.1 Å². The van der Waals surface area contributed by atoms with Gasteiger partial charge >= 0.3 is 0 Å². The van der Waals surface area contributed by atoms with Gasteiger partial charge in [0.25, 0.3) is 5.56 Å². The molecule has 0 bridgehead atoms. The Hall–Kier alpha value is -3.52. The average molecular weight is 380 g/mol. The molecule has 8 heteroatoms. The second kappa shape index (κ2) is 6.90. The average Bonchev–Trinajstić information content (AvgIpc) is 2.69. The Labute approximate surface area is 160 Å². The summed E-state index contributed by atoms with van der Waals surface area (Å²) in [6.45, 7) is 1.40. The van der Waals surface area contributed by atoms with E-state index in [2.05, 4.69) is 9.97 Å². The Morgan fingerprint density at radius 1 is 1.07 bits per heavy atom. The molecule has 144 valence electrons. The van der Waals surface area contributed by atoms with Gasteiger partial charge in [0.2, 0.25) is 5.75 Å². The number of fused-ring (bicyclic) bond motifs is 1. The van der Waals surface area contributed by atoms with Crippen LogP contribution in [0.25, 0.3) is 11.4 Å². The van der Waals surface area contributed by atoms with E-state index in [1.165, 1.54) is 6.07 Å². The molecule has 2 aromatic carbocycles. The van der Waals surface area contributed by atoms with Gasteiger partial charge in [-0.15, -0.1) is 0 Å². The van der Waals surface area contributed by atoms with Gasteiger partial charge in [0.1, 0.15) is 5.82 Å². The molecular formula is C20H20N4O4. The molecule has 1 aromatic heterocycles. The molecule has 3 aromatic rings. The van der Waals surface area contributed by atoms with Crippen LogP contribution in [0.5, 0.6) is 17.2 Å². The third-order valence-electron chi connectivity index (χ3n) is 4.94. The lowest BCUT2D eigenvalue weighted by atomic mass is 10.0. The summed E-state index contributed by atoms with van der Waals surface area (Å²) in [5.74, 6) is -0.760. The van der Waals surface area contributed by atoms with Crippen LogP contribution in [0.1, 0.15) is 16.8 Å². The van der Waals surface area contributed by atoms with Gasteiger partial charge in [-0.05, 0) is 36.8 Å². The zero-order valence-electron chi connectivity index (χ0n) is 15.0. The molecule has 28 heavy (non-hydrogen) atoms. The van der Waals surface area contributed by atoms with Crippen LogP contribution in [0, 0.1) is 0 Å². The van der Waals surface area contributed by atoms with E-state index in [0.717, 1.165) is 5.56 Å². The molecule has 0 fully saturated rings. The third kappa shape index (κ3) is 3.25. The number of rotatable bonds is 3. The number of hydrogen-bond acceptors (Lipinski definition) is 7. The molecule has 8 nitrogen and oxygen atoms in total. The largest absolute Gasteiger partial charge is 0.504 e. The van der Waals surface area contributed by atoms with E-state index >= 15 is 0 Å². The van der Waals surface area contributed by atoms with Crippen molar-refractivity contribution >= 4 is 5.69 Å². The normalized spacial score (nSPS) is 14.0.